The van der Waals surface area contributed by atoms with Crippen LogP contribution >= 0.6 is 0 Å². The van der Waals surface area contributed by atoms with Gasteiger partial charge in [-0.25, -0.2) is 0 Å². The molecule has 2 heterocycles. The number of hydrogen-bond donors (Lipinski definition) is 1. The third-order valence-corrected chi connectivity index (χ3v) is 6.49. The van der Waals surface area contributed by atoms with Gasteiger partial charge in [-0.2, -0.15) is 0 Å². The molecule has 0 unspecified atom stereocenters. The maximum atomic E-state index is 13.2. The molecule has 33 heavy (non-hydrogen) atoms. The minimum Gasteiger partial charge on any atom is -0.383 e. The Labute approximate surface area is 195 Å². The summed E-state index contributed by atoms with van der Waals surface area (Å²) in [5.41, 5.74) is 5.61. The molecule has 1 saturated heterocycles. The average Bonchev–Trinajstić information content (AvgIpc) is 3.04. The first-order valence-electron chi connectivity index (χ1n) is 11.4. The van der Waals surface area contributed by atoms with E-state index >= 15 is 0 Å². The van der Waals surface area contributed by atoms with Crippen molar-refractivity contribution in [3.8, 4) is 0 Å². The van der Waals surface area contributed by atoms with Gasteiger partial charge in [-0.15, -0.1) is 0 Å². The molecule has 2 amide bonds. The summed E-state index contributed by atoms with van der Waals surface area (Å²) in [7, 11) is 3.70. The maximum Gasteiger partial charge on any atom is 0.278 e. The second kappa shape index (κ2) is 9.77. The topological polar surface area (TPSA) is 65.1 Å². The van der Waals surface area contributed by atoms with E-state index in [0.29, 0.717) is 17.9 Å². The van der Waals surface area contributed by atoms with E-state index in [2.05, 4.69) is 34.3 Å². The van der Waals surface area contributed by atoms with Gasteiger partial charge in [-0.05, 0) is 61.9 Å². The van der Waals surface area contributed by atoms with E-state index in [4.69, 9.17) is 4.74 Å². The summed E-state index contributed by atoms with van der Waals surface area (Å²) in [6.45, 7) is 8.62. The lowest BCUT2D eigenvalue weighted by atomic mass is 9.99. The Morgan fingerprint density at radius 3 is 2.24 bits per heavy atom. The van der Waals surface area contributed by atoms with Crippen LogP contribution in [0, 0.1) is 13.8 Å². The Morgan fingerprint density at radius 2 is 1.61 bits per heavy atom. The molecule has 7 nitrogen and oxygen atoms in total. The second-order valence-electron chi connectivity index (χ2n) is 8.77. The number of piperazine rings is 1. The number of carbonyl (C=O) groups is 2. The van der Waals surface area contributed by atoms with Gasteiger partial charge in [0.1, 0.15) is 5.70 Å². The summed E-state index contributed by atoms with van der Waals surface area (Å²) in [5, 5.41) is 3.25. The molecule has 7 heteroatoms. The summed E-state index contributed by atoms with van der Waals surface area (Å²) in [5.74, 6) is -0.620. The lowest BCUT2D eigenvalue weighted by molar-refractivity contribution is -0.137. The molecule has 0 bridgehead atoms. The minimum atomic E-state index is -0.326. The van der Waals surface area contributed by atoms with Crippen LogP contribution in [-0.4, -0.2) is 75.1 Å². The number of methoxy groups -OCH3 is 1. The lowest BCUT2D eigenvalue weighted by Crippen LogP contribution is -2.44. The van der Waals surface area contributed by atoms with E-state index in [9.17, 15) is 9.59 Å². The van der Waals surface area contributed by atoms with E-state index < -0.39 is 0 Å². The predicted octanol–water partition coefficient (Wildman–Crippen LogP) is 2.89. The molecule has 0 saturated carbocycles. The second-order valence-corrected chi connectivity index (χ2v) is 8.77. The summed E-state index contributed by atoms with van der Waals surface area (Å²) >= 11 is 0. The van der Waals surface area contributed by atoms with Crippen LogP contribution in [0.5, 0.6) is 0 Å². The largest absolute Gasteiger partial charge is 0.383 e. The van der Waals surface area contributed by atoms with Gasteiger partial charge in [0, 0.05) is 44.7 Å². The maximum absolute atomic E-state index is 13.2. The smallest absolute Gasteiger partial charge is 0.278 e. The van der Waals surface area contributed by atoms with E-state index in [1.807, 2.05) is 44.2 Å². The Morgan fingerprint density at radius 1 is 0.909 bits per heavy atom. The number of hydrogen-bond acceptors (Lipinski definition) is 6. The van der Waals surface area contributed by atoms with Crippen molar-refractivity contribution in [2.24, 2.45) is 0 Å². The molecule has 0 spiro atoms. The number of imide groups is 1. The number of anilines is 2. The highest BCUT2D eigenvalue weighted by molar-refractivity contribution is 6.36. The molecule has 0 radical (unpaired) electrons. The molecule has 0 aliphatic carbocycles. The number of nitrogens with zero attached hydrogens (tertiary/aromatic N) is 3. The van der Waals surface area contributed by atoms with Crippen LogP contribution < -0.4 is 10.2 Å². The normalized spacial score (nSPS) is 17.3. The SMILES string of the molecule is COCCN1C(=O)C(Nc2ccc(N3CCN(C)CC3)cc2)=C(c2ccc(C)c(C)c2)C1=O. The van der Waals surface area contributed by atoms with Crippen molar-refractivity contribution in [3.63, 3.8) is 0 Å². The zero-order valence-corrected chi connectivity index (χ0v) is 19.9. The van der Waals surface area contributed by atoms with Crippen LogP contribution in [0.3, 0.4) is 0 Å². The van der Waals surface area contributed by atoms with Crippen molar-refractivity contribution in [1.82, 2.24) is 9.80 Å². The fourth-order valence-electron chi connectivity index (χ4n) is 4.21. The van der Waals surface area contributed by atoms with Crippen molar-refractivity contribution >= 4 is 28.8 Å². The fourth-order valence-corrected chi connectivity index (χ4v) is 4.21. The Hall–Kier alpha value is -3.16. The van der Waals surface area contributed by atoms with Gasteiger partial charge < -0.3 is 19.9 Å². The minimum absolute atomic E-state index is 0.218. The summed E-state index contributed by atoms with van der Waals surface area (Å²) in [4.78, 5) is 32.4. The first-order valence-corrected chi connectivity index (χ1v) is 11.4. The van der Waals surface area contributed by atoms with Crippen molar-refractivity contribution in [2.45, 2.75) is 13.8 Å². The van der Waals surface area contributed by atoms with Gasteiger partial charge in [-0.1, -0.05) is 18.2 Å². The first kappa shape index (κ1) is 23.0. The number of nitrogens with one attached hydrogen (secondary N) is 1. The fraction of sp³-hybridized carbons (Fsp3) is 0.385. The molecule has 1 fully saturated rings. The molecule has 4 rings (SSSR count). The van der Waals surface area contributed by atoms with Crippen LogP contribution in [0.4, 0.5) is 11.4 Å². The standard InChI is InChI=1S/C26H32N4O3/c1-18-5-6-20(17-19(18)2)23-24(26(32)30(25(23)31)15-16-33-4)27-21-7-9-22(10-8-21)29-13-11-28(3)12-14-29/h5-10,17,27H,11-16H2,1-4H3. The Balaban J connectivity index is 1.63. The molecule has 1 N–H and O–H groups in total. The molecular formula is C26H32N4O3. The zero-order chi connectivity index (χ0) is 23.5. The number of likely N-dealkylation sites (N-methyl/N-ethyl adjacent to an activating group) is 1. The monoisotopic (exact) mass is 448 g/mol. The average molecular weight is 449 g/mol. The number of benzene rings is 2. The van der Waals surface area contributed by atoms with Gasteiger partial charge in [0.2, 0.25) is 0 Å². The molecule has 2 aliphatic heterocycles. The van der Waals surface area contributed by atoms with Crippen LogP contribution in [0.2, 0.25) is 0 Å². The van der Waals surface area contributed by atoms with Gasteiger partial charge in [0.15, 0.2) is 0 Å². The van der Waals surface area contributed by atoms with Crippen molar-refractivity contribution in [2.75, 3.05) is 63.7 Å². The van der Waals surface area contributed by atoms with Gasteiger partial charge >= 0.3 is 0 Å². The number of ether oxygens (including phenoxy) is 1. The third kappa shape index (κ3) is 4.79. The van der Waals surface area contributed by atoms with Crippen molar-refractivity contribution in [1.29, 1.82) is 0 Å². The molecule has 174 valence electrons. The van der Waals surface area contributed by atoms with Gasteiger partial charge in [0.05, 0.1) is 18.7 Å². The van der Waals surface area contributed by atoms with E-state index in [1.165, 1.54) is 4.90 Å². The number of amides is 2. The Bertz CT molecular complexity index is 1070. The van der Waals surface area contributed by atoms with Crippen molar-refractivity contribution in [3.05, 3.63) is 64.9 Å². The van der Waals surface area contributed by atoms with Crippen LogP contribution in [0.25, 0.3) is 5.57 Å². The summed E-state index contributed by atoms with van der Waals surface area (Å²) < 4.78 is 5.11. The molecule has 0 aromatic heterocycles. The number of rotatable bonds is 7. The van der Waals surface area contributed by atoms with Crippen LogP contribution in [0.15, 0.2) is 48.2 Å². The van der Waals surface area contributed by atoms with E-state index in [0.717, 1.165) is 54.2 Å². The van der Waals surface area contributed by atoms with Crippen LogP contribution in [-0.2, 0) is 14.3 Å². The highest BCUT2D eigenvalue weighted by Crippen LogP contribution is 2.32. The Kier molecular flexibility index (Phi) is 6.81. The number of carbonyl (C=O) groups excluding carboxylic acids is 2. The highest BCUT2D eigenvalue weighted by atomic mass is 16.5. The van der Waals surface area contributed by atoms with E-state index in [1.54, 1.807) is 7.11 Å². The third-order valence-electron chi connectivity index (χ3n) is 6.49. The van der Waals surface area contributed by atoms with Crippen molar-refractivity contribution < 1.29 is 14.3 Å². The van der Waals surface area contributed by atoms with Gasteiger partial charge in [0.25, 0.3) is 11.8 Å². The van der Waals surface area contributed by atoms with Crippen LogP contribution in [0.1, 0.15) is 16.7 Å². The van der Waals surface area contributed by atoms with E-state index in [-0.39, 0.29) is 18.4 Å². The lowest BCUT2D eigenvalue weighted by Gasteiger charge is -2.34. The molecule has 0 atom stereocenters. The molecule has 2 aromatic rings. The summed E-state index contributed by atoms with van der Waals surface area (Å²) in [6, 6.07) is 13.9. The summed E-state index contributed by atoms with van der Waals surface area (Å²) in [6.07, 6.45) is 0. The predicted molar refractivity (Wildman–Crippen MR) is 131 cm³/mol. The molecule has 2 aromatic carbocycles. The quantitative estimate of drug-likeness (QED) is 0.657. The zero-order valence-electron chi connectivity index (χ0n) is 19.9. The first-order chi connectivity index (χ1) is 15.9. The highest BCUT2D eigenvalue weighted by Gasteiger charge is 2.39. The molecular weight excluding hydrogens is 416 g/mol. The number of aryl methyl sites for hydroxylation is 2. The molecule has 2 aliphatic rings. The van der Waals surface area contributed by atoms with Gasteiger partial charge in [-0.3, -0.25) is 14.5 Å².